The number of hydrogen-bond acceptors (Lipinski definition) is 16. The summed E-state index contributed by atoms with van der Waals surface area (Å²) in [5.41, 5.74) is 12.1. The Morgan fingerprint density at radius 1 is 0.595 bits per heavy atom. The van der Waals surface area contributed by atoms with Crippen molar-refractivity contribution >= 4 is 0 Å². The van der Waals surface area contributed by atoms with Crippen molar-refractivity contribution in [2.24, 2.45) is 29.2 Å². The van der Waals surface area contributed by atoms with E-state index in [1.165, 1.54) is 0 Å². The summed E-state index contributed by atoms with van der Waals surface area (Å²) < 4.78 is 35.3. The summed E-state index contributed by atoms with van der Waals surface area (Å²) in [5, 5.41) is 83.2. The molecule has 4 aliphatic rings. The molecule has 19 unspecified atom stereocenters. The molecule has 0 aromatic rings. The normalized spacial score (nSPS) is 53.8. The Labute approximate surface area is 244 Å². The highest BCUT2D eigenvalue weighted by atomic mass is 16.8. The van der Waals surface area contributed by atoms with Gasteiger partial charge < -0.3 is 80.7 Å². The summed E-state index contributed by atoms with van der Waals surface area (Å²) in [6, 6.07) is -0.683. The minimum Gasteiger partial charge on any atom is -0.394 e. The lowest BCUT2D eigenvalue weighted by molar-refractivity contribution is -0.323. The molecule has 0 aromatic carbocycles. The second-order valence-corrected chi connectivity index (χ2v) is 12.1. The summed E-state index contributed by atoms with van der Waals surface area (Å²) in [6.07, 6.45) is -17.5. The number of aliphatic hydroxyl groups is 8. The molecule has 4 fully saturated rings. The lowest BCUT2D eigenvalue weighted by Gasteiger charge is -2.47. The highest BCUT2D eigenvalue weighted by Gasteiger charge is 2.54. The predicted octanol–water partition coefficient (Wildman–Crippen LogP) is -4.94. The highest BCUT2D eigenvalue weighted by Crippen LogP contribution is 2.37. The van der Waals surface area contributed by atoms with E-state index in [2.05, 4.69) is 0 Å². The molecular weight excluding hydrogens is 564 g/mol. The van der Waals surface area contributed by atoms with Crippen LogP contribution in [0.2, 0.25) is 0 Å². The van der Waals surface area contributed by atoms with Crippen LogP contribution in [0.15, 0.2) is 0 Å². The molecule has 16 nitrogen and oxygen atoms in total. The second kappa shape index (κ2) is 14.2. The van der Waals surface area contributed by atoms with E-state index in [4.69, 9.17) is 39.9 Å². The van der Waals surface area contributed by atoms with Crippen LogP contribution in [-0.4, -0.2) is 159 Å². The summed E-state index contributed by atoms with van der Waals surface area (Å²) in [6.45, 7) is 3.70. The molecule has 0 radical (unpaired) electrons. The molecule has 246 valence electrons. The molecule has 1 saturated carbocycles. The van der Waals surface area contributed by atoms with Gasteiger partial charge in [-0.15, -0.1) is 0 Å². The average molecular weight is 613 g/mol. The first-order chi connectivity index (χ1) is 19.8. The maximum Gasteiger partial charge on any atom is 0.187 e. The Hall–Kier alpha value is -0.640. The Morgan fingerprint density at radius 2 is 1.07 bits per heavy atom. The van der Waals surface area contributed by atoms with Gasteiger partial charge in [-0.25, -0.2) is 0 Å². The van der Waals surface area contributed by atoms with E-state index >= 15 is 0 Å². The molecule has 12 N–H and O–H groups in total. The average Bonchev–Trinajstić information content (AvgIpc) is 3.27. The van der Waals surface area contributed by atoms with Crippen LogP contribution in [0.1, 0.15) is 27.2 Å². The number of aliphatic hydroxyl groups excluding tert-OH is 8. The highest BCUT2D eigenvalue weighted by molar-refractivity contribution is 4.99. The van der Waals surface area contributed by atoms with Crippen molar-refractivity contribution in [1.29, 1.82) is 0 Å². The standard InChI is InChI=1S/C26H48N2O14/c1-8-4-11(28)21(40-25-10(3)17(33)19(35)13(6-29)38-25)23(15(8)31)42-26-20(36)22(14(7-30)39-26)41-24-9(2)16(32)18(34)12(5-27)37-24/h8-26,29-36H,4-7,27-28H2,1-3H3. The first kappa shape index (κ1) is 34.2. The van der Waals surface area contributed by atoms with Gasteiger partial charge in [0.25, 0.3) is 0 Å². The van der Waals surface area contributed by atoms with E-state index in [1.807, 2.05) is 0 Å². The van der Waals surface area contributed by atoms with Gasteiger partial charge in [-0.1, -0.05) is 20.8 Å². The fraction of sp³-hybridized carbons (Fsp3) is 1.00. The third-order valence-corrected chi connectivity index (χ3v) is 9.08. The molecule has 3 heterocycles. The maximum absolute atomic E-state index is 11.2. The van der Waals surface area contributed by atoms with Crippen LogP contribution >= 0.6 is 0 Å². The molecule has 42 heavy (non-hydrogen) atoms. The quantitative estimate of drug-likeness (QED) is 0.117. The van der Waals surface area contributed by atoms with E-state index in [-0.39, 0.29) is 12.5 Å². The van der Waals surface area contributed by atoms with Crippen molar-refractivity contribution in [3.63, 3.8) is 0 Å². The minimum atomic E-state index is -1.50. The van der Waals surface area contributed by atoms with Crippen LogP contribution in [0.3, 0.4) is 0 Å². The Kier molecular flexibility index (Phi) is 11.6. The zero-order chi connectivity index (χ0) is 31.0. The molecule has 4 rings (SSSR count). The van der Waals surface area contributed by atoms with Crippen molar-refractivity contribution in [2.75, 3.05) is 19.8 Å². The zero-order valence-electron chi connectivity index (χ0n) is 24.0. The number of hydrogen-bond donors (Lipinski definition) is 10. The number of rotatable bonds is 9. The predicted molar refractivity (Wildman–Crippen MR) is 140 cm³/mol. The van der Waals surface area contributed by atoms with Crippen molar-refractivity contribution < 1.29 is 69.3 Å². The summed E-state index contributed by atoms with van der Waals surface area (Å²) in [4.78, 5) is 0. The van der Waals surface area contributed by atoms with Crippen LogP contribution in [0.4, 0.5) is 0 Å². The topological polar surface area (TPSA) is 269 Å². The molecular formula is C26H48N2O14. The smallest absolute Gasteiger partial charge is 0.187 e. The van der Waals surface area contributed by atoms with Gasteiger partial charge in [0.15, 0.2) is 18.9 Å². The first-order valence-corrected chi connectivity index (χ1v) is 14.5. The molecule has 16 heteroatoms. The fourth-order valence-electron chi connectivity index (χ4n) is 6.19. The molecule has 1 aliphatic carbocycles. The Balaban J connectivity index is 1.50. The van der Waals surface area contributed by atoms with Crippen LogP contribution in [0.25, 0.3) is 0 Å². The van der Waals surface area contributed by atoms with Gasteiger partial charge in [0.05, 0.1) is 31.5 Å². The molecule has 0 bridgehead atoms. The van der Waals surface area contributed by atoms with Gasteiger partial charge in [0, 0.05) is 24.4 Å². The zero-order valence-corrected chi connectivity index (χ0v) is 24.0. The van der Waals surface area contributed by atoms with Crippen molar-refractivity contribution in [3.05, 3.63) is 0 Å². The third-order valence-electron chi connectivity index (χ3n) is 9.08. The van der Waals surface area contributed by atoms with Gasteiger partial charge >= 0.3 is 0 Å². The SMILES string of the molecule is CC1CC(N)C(OC2OC(CO)C(O)C(O)C2C)C(OC2OC(CO)C(OC3OC(CN)C(O)C(O)C3C)C2O)C1O. The van der Waals surface area contributed by atoms with Gasteiger partial charge in [-0.2, -0.15) is 0 Å². The van der Waals surface area contributed by atoms with E-state index < -0.39 is 123 Å². The van der Waals surface area contributed by atoms with Crippen molar-refractivity contribution in [1.82, 2.24) is 0 Å². The lowest BCUT2D eigenvalue weighted by atomic mass is 9.80. The Morgan fingerprint density at radius 3 is 1.62 bits per heavy atom. The van der Waals surface area contributed by atoms with E-state index in [0.717, 1.165) is 0 Å². The monoisotopic (exact) mass is 612 g/mol. The molecule has 0 aromatic heterocycles. The third kappa shape index (κ3) is 6.64. The van der Waals surface area contributed by atoms with Gasteiger partial charge in [0.2, 0.25) is 0 Å². The summed E-state index contributed by atoms with van der Waals surface area (Å²) in [7, 11) is 0. The molecule has 19 atom stereocenters. The van der Waals surface area contributed by atoms with E-state index in [9.17, 15) is 40.9 Å². The largest absolute Gasteiger partial charge is 0.394 e. The second-order valence-electron chi connectivity index (χ2n) is 12.1. The minimum absolute atomic E-state index is 0.0958. The summed E-state index contributed by atoms with van der Waals surface area (Å²) >= 11 is 0. The summed E-state index contributed by atoms with van der Waals surface area (Å²) in [5.74, 6) is -1.80. The molecule has 0 spiro atoms. The van der Waals surface area contributed by atoms with Crippen molar-refractivity contribution in [2.45, 2.75) is 125 Å². The molecule has 3 saturated heterocycles. The molecule has 3 aliphatic heterocycles. The Bertz CT molecular complexity index is 858. The maximum atomic E-state index is 11.2. The first-order valence-electron chi connectivity index (χ1n) is 14.5. The van der Waals surface area contributed by atoms with E-state index in [1.54, 1.807) is 20.8 Å². The van der Waals surface area contributed by atoms with Gasteiger partial charge in [0.1, 0.15) is 54.9 Å². The van der Waals surface area contributed by atoms with Crippen LogP contribution < -0.4 is 11.5 Å². The van der Waals surface area contributed by atoms with Gasteiger partial charge in [-0.3, -0.25) is 0 Å². The van der Waals surface area contributed by atoms with Crippen LogP contribution in [0, 0.1) is 17.8 Å². The lowest BCUT2D eigenvalue weighted by Crippen LogP contribution is -2.63. The van der Waals surface area contributed by atoms with E-state index in [0.29, 0.717) is 6.42 Å². The molecule has 0 amide bonds. The van der Waals surface area contributed by atoms with Crippen LogP contribution in [0.5, 0.6) is 0 Å². The van der Waals surface area contributed by atoms with Gasteiger partial charge in [-0.05, 0) is 12.3 Å². The number of nitrogens with two attached hydrogens (primary N) is 2. The fourth-order valence-corrected chi connectivity index (χ4v) is 6.19. The number of ether oxygens (including phenoxy) is 6. The van der Waals surface area contributed by atoms with Crippen LogP contribution in [-0.2, 0) is 28.4 Å². The van der Waals surface area contributed by atoms with Crippen molar-refractivity contribution in [3.8, 4) is 0 Å².